The standard InChI is InChI=1S/C16H15F3N2O2/c1-23-14-8-6-13(7-9-14)21-15(22)10-20-12-4-2-11(3-5-12)16(17,18)19/h2-9,20H,10H2,1H3,(H,21,22). The van der Waals surface area contributed by atoms with Crippen molar-refractivity contribution in [1.82, 2.24) is 0 Å². The summed E-state index contributed by atoms with van der Waals surface area (Å²) in [5, 5.41) is 5.42. The summed E-state index contributed by atoms with van der Waals surface area (Å²) in [6.07, 6.45) is -4.37. The molecule has 0 aliphatic heterocycles. The molecular formula is C16H15F3N2O2. The molecule has 0 saturated carbocycles. The fourth-order valence-electron chi connectivity index (χ4n) is 1.84. The number of halogens is 3. The van der Waals surface area contributed by atoms with Crippen molar-refractivity contribution < 1.29 is 22.7 Å². The van der Waals surface area contributed by atoms with Crippen LogP contribution < -0.4 is 15.4 Å². The Kier molecular flexibility index (Phi) is 5.10. The van der Waals surface area contributed by atoms with Gasteiger partial charge in [0.05, 0.1) is 19.2 Å². The molecule has 2 aromatic carbocycles. The SMILES string of the molecule is COc1ccc(NC(=O)CNc2ccc(C(F)(F)F)cc2)cc1. The minimum Gasteiger partial charge on any atom is -0.497 e. The predicted molar refractivity (Wildman–Crippen MR) is 81.6 cm³/mol. The number of hydrogen-bond donors (Lipinski definition) is 2. The van der Waals surface area contributed by atoms with Gasteiger partial charge in [-0.3, -0.25) is 4.79 Å². The normalized spacial score (nSPS) is 11.0. The van der Waals surface area contributed by atoms with Crippen LogP contribution in [0.5, 0.6) is 5.75 Å². The molecule has 0 aliphatic rings. The van der Waals surface area contributed by atoms with Gasteiger partial charge in [0.1, 0.15) is 5.75 Å². The molecule has 0 saturated heterocycles. The van der Waals surface area contributed by atoms with Crippen molar-refractivity contribution in [2.45, 2.75) is 6.18 Å². The third-order valence-corrected chi connectivity index (χ3v) is 3.04. The highest BCUT2D eigenvalue weighted by Crippen LogP contribution is 2.29. The van der Waals surface area contributed by atoms with Crippen molar-refractivity contribution in [2.75, 3.05) is 24.3 Å². The molecule has 4 nitrogen and oxygen atoms in total. The van der Waals surface area contributed by atoms with Crippen molar-refractivity contribution in [2.24, 2.45) is 0 Å². The quantitative estimate of drug-likeness (QED) is 0.880. The zero-order valence-electron chi connectivity index (χ0n) is 12.3. The Balaban J connectivity index is 1.86. The van der Waals surface area contributed by atoms with Crippen LogP contribution in [0.15, 0.2) is 48.5 Å². The first kappa shape index (κ1) is 16.7. The fraction of sp³-hybridized carbons (Fsp3) is 0.188. The van der Waals surface area contributed by atoms with E-state index in [0.717, 1.165) is 12.1 Å². The van der Waals surface area contributed by atoms with Crippen molar-refractivity contribution in [3.63, 3.8) is 0 Å². The average molecular weight is 324 g/mol. The van der Waals surface area contributed by atoms with E-state index in [1.165, 1.54) is 12.1 Å². The molecule has 0 bridgehead atoms. The van der Waals surface area contributed by atoms with Crippen molar-refractivity contribution in [3.8, 4) is 5.75 Å². The Bertz CT molecular complexity index is 653. The zero-order chi connectivity index (χ0) is 16.9. The average Bonchev–Trinajstić information content (AvgIpc) is 2.53. The Morgan fingerprint density at radius 1 is 1.00 bits per heavy atom. The molecule has 0 aromatic heterocycles. The van der Waals surface area contributed by atoms with Crippen LogP contribution in [0.25, 0.3) is 0 Å². The van der Waals surface area contributed by atoms with Gasteiger partial charge in [-0.1, -0.05) is 0 Å². The van der Waals surface area contributed by atoms with Gasteiger partial charge >= 0.3 is 6.18 Å². The number of ether oxygens (including phenoxy) is 1. The highest BCUT2D eigenvalue weighted by Gasteiger charge is 2.29. The maximum atomic E-state index is 12.4. The molecule has 2 rings (SSSR count). The summed E-state index contributed by atoms with van der Waals surface area (Å²) in [6, 6.07) is 11.3. The molecule has 0 aliphatic carbocycles. The van der Waals surface area contributed by atoms with E-state index in [2.05, 4.69) is 10.6 Å². The minimum atomic E-state index is -4.37. The number of benzene rings is 2. The lowest BCUT2D eigenvalue weighted by Crippen LogP contribution is -2.21. The van der Waals surface area contributed by atoms with Crippen LogP contribution in [0.1, 0.15) is 5.56 Å². The smallest absolute Gasteiger partial charge is 0.416 e. The Morgan fingerprint density at radius 3 is 2.09 bits per heavy atom. The second-order valence-electron chi connectivity index (χ2n) is 4.71. The monoisotopic (exact) mass is 324 g/mol. The van der Waals surface area contributed by atoms with Gasteiger partial charge in [-0.05, 0) is 48.5 Å². The van der Waals surface area contributed by atoms with Crippen molar-refractivity contribution in [3.05, 3.63) is 54.1 Å². The van der Waals surface area contributed by atoms with Crippen LogP contribution in [0.3, 0.4) is 0 Å². The minimum absolute atomic E-state index is 0.0581. The molecule has 23 heavy (non-hydrogen) atoms. The van der Waals surface area contributed by atoms with Gasteiger partial charge in [0.15, 0.2) is 0 Å². The van der Waals surface area contributed by atoms with E-state index in [0.29, 0.717) is 17.1 Å². The van der Waals surface area contributed by atoms with E-state index in [1.54, 1.807) is 31.4 Å². The highest BCUT2D eigenvalue weighted by atomic mass is 19.4. The molecule has 0 fully saturated rings. The number of hydrogen-bond acceptors (Lipinski definition) is 3. The first-order valence-corrected chi connectivity index (χ1v) is 6.73. The van der Waals surface area contributed by atoms with Crippen LogP contribution in [0, 0.1) is 0 Å². The van der Waals surface area contributed by atoms with E-state index < -0.39 is 11.7 Å². The predicted octanol–water partition coefficient (Wildman–Crippen LogP) is 3.76. The summed E-state index contributed by atoms with van der Waals surface area (Å²) in [6.45, 7) is -0.0581. The number of carbonyl (C=O) groups excluding carboxylic acids is 1. The summed E-state index contributed by atoms with van der Waals surface area (Å²) in [4.78, 5) is 11.8. The number of alkyl halides is 3. The molecule has 1 amide bonds. The van der Waals surface area contributed by atoms with Gasteiger partial charge in [-0.25, -0.2) is 0 Å². The topological polar surface area (TPSA) is 50.4 Å². The van der Waals surface area contributed by atoms with Gasteiger partial charge in [-0.15, -0.1) is 0 Å². The molecule has 7 heteroatoms. The lowest BCUT2D eigenvalue weighted by Gasteiger charge is -2.10. The van der Waals surface area contributed by atoms with E-state index in [4.69, 9.17) is 4.74 Å². The molecule has 2 aromatic rings. The maximum absolute atomic E-state index is 12.4. The molecule has 2 N–H and O–H groups in total. The molecule has 0 heterocycles. The third kappa shape index (κ3) is 4.91. The van der Waals surface area contributed by atoms with Crippen LogP contribution in [-0.4, -0.2) is 19.6 Å². The van der Waals surface area contributed by atoms with E-state index in [-0.39, 0.29) is 12.5 Å². The van der Waals surface area contributed by atoms with Gasteiger partial charge in [0, 0.05) is 11.4 Å². The summed E-state index contributed by atoms with van der Waals surface area (Å²) in [5.41, 5.74) is 0.304. The van der Waals surface area contributed by atoms with E-state index in [9.17, 15) is 18.0 Å². The maximum Gasteiger partial charge on any atom is 0.416 e. The van der Waals surface area contributed by atoms with Crippen LogP contribution >= 0.6 is 0 Å². The summed E-state index contributed by atoms with van der Waals surface area (Å²) in [7, 11) is 1.54. The summed E-state index contributed by atoms with van der Waals surface area (Å²) < 4.78 is 42.3. The zero-order valence-corrected chi connectivity index (χ0v) is 12.3. The number of nitrogens with one attached hydrogen (secondary N) is 2. The lowest BCUT2D eigenvalue weighted by molar-refractivity contribution is -0.137. The van der Waals surface area contributed by atoms with Crippen molar-refractivity contribution in [1.29, 1.82) is 0 Å². The number of carbonyl (C=O) groups is 1. The lowest BCUT2D eigenvalue weighted by atomic mass is 10.2. The largest absolute Gasteiger partial charge is 0.497 e. The van der Waals surface area contributed by atoms with E-state index in [1.807, 2.05) is 0 Å². The van der Waals surface area contributed by atoms with Crippen LogP contribution in [0.2, 0.25) is 0 Å². The van der Waals surface area contributed by atoms with Gasteiger partial charge in [0.2, 0.25) is 5.91 Å². The van der Waals surface area contributed by atoms with E-state index >= 15 is 0 Å². The fourth-order valence-corrected chi connectivity index (χ4v) is 1.84. The van der Waals surface area contributed by atoms with Gasteiger partial charge in [-0.2, -0.15) is 13.2 Å². The molecule has 0 spiro atoms. The number of amides is 1. The Labute approximate surface area is 131 Å². The molecule has 122 valence electrons. The van der Waals surface area contributed by atoms with Gasteiger partial charge < -0.3 is 15.4 Å². The second-order valence-corrected chi connectivity index (χ2v) is 4.71. The van der Waals surface area contributed by atoms with Crippen LogP contribution in [0.4, 0.5) is 24.5 Å². The molecule has 0 radical (unpaired) electrons. The van der Waals surface area contributed by atoms with Crippen LogP contribution in [-0.2, 0) is 11.0 Å². The highest BCUT2D eigenvalue weighted by molar-refractivity contribution is 5.93. The summed E-state index contributed by atoms with van der Waals surface area (Å²) >= 11 is 0. The number of methoxy groups -OCH3 is 1. The Morgan fingerprint density at radius 2 is 1.57 bits per heavy atom. The number of anilines is 2. The molecule has 0 unspecified atom stereocenters. The third-order valence-electron chi connectivity index (χ3n) is 3.04. The first-order valence-electron chi connectivity index (χ1n) is 6.73. The van der Waals surface area contributed by atoms with Gasteiger partial charge in [0.25, 0.3) is 0 Å². The van der Waals surface area contributed by atoms with Crippen molar-refractivity contribution >= 4 is 17.3 Å². The first-order chi connectivity index (χ1) is 10.9. The Hall–Kier alpha value is -2.70. The molecular weight excluding hydrogens is 309 g/mol. The molecule has 0 atom stereocenters. The summed E-state index contributed by atoms with van der Waals surface area (Å²) in [5.74, 6) is 0.362. The second kappa shape index (κ2) is 7.04. The number of rotatable bonds is 5.